The molecule has 2 aromatic rings. The molecule has 1 N–H and O–H groups in total. The second-order valence-corrected chi connectivity index (χ2v) is 9.10. The fraction of sp³-hybridized carbons (Fsp3) is 0.292. The standard InChI is InChI=1S/C24H22BrN3O3/c1-3-13-27-18-8-6-5-7-16(18)24(23(27)31)20-19(17(4-2)26-24)21(29)28(22(20)30)15-11-9-14(25)10-12-15/h3,5-12,17,19-20,26H,1,4,13H2,2H3/t17-,19+,20+,24+/m1/s1. The molecule has 0 radical (unpaired) electrons. The molecular formula is C24H22BrN3O3. The Morgan fingerprint density at radius 3 is 2.48 bits per heavy atom. The van der Waals surface area contributed by atoms with E-state index in [9.17, 15) is 14.4 Å². The molecule has 2 saturated heterocycles. The van der Waals surface area contributed by atoms with Crippen molar-refractivity contribution in [2.45, 2.75) is 24.9 Å². The first-order chi connectivity index (χ1) is 15.0. The van der Waals surface area contributed by atoms with E-state index in [4.69, 9.17) is 0 Å². The van der Waals surface area contributed by atoms with Gasteiger partial charge in [-0.25, -0.2) is 4.90 Å². The van der Waals surface area contributed by atoms with Crippen LogP contribution in [0.5, 0.6) is 0 Å². The maximum absolute atomic E-state index is 13.8. The van der Waals surface area contributed by atoms with Crippen LogP contribution in [0.25, 0.3) is 0 Å². The topological polar surface area (TPSA) is 69.7 Å². The molecule has 3 amide bonds. The van der Waals surface area contributed by atoms with Gasteiger partial charge in [0, 0.05) is 28.3 Å². The molecule has 31 heavy (non-hydrogen) atoms. The third-order valence-electron chi connectivity index (χ3n) is 6.70. The summed E-state index contributed by atoms with van der Waals surface area (Å²) in [4.78, 5) is 44.1. The number of nitrogens with zero attached hydrogens (tertiary/aromatic N) is 2. The average Bonchev–Trinajstić information content (AvgIpc) is 3.34. The average molecular weight is 480 g/mol. The number of imide groups is 1. The van der Waals surface area contributed by atoms with E-state index in [1.165, 1.54) is 4.90 Å². The third-order valence-corrected chi connectivity index (χ3v) is 7.23. The summed E-state index contributed by atoms with van der Waals surface area (Å²) in [5, 5.41) is 3.45. The second kappa shape index (κ2) is 7.14. The molecule has 1 spiro atoms. The highest BCUT2D eigenvalue weighted by Crippen LogP contribution is 2.55. The van der Waals surface area contributed by atoms with Gasteiger partial charge in [0.05, 0.1) is 17.5 Å². The van der Waals surface area contributed by atoms with Crippen molar-refractivity contribution in [1.82, 2.24) is 5.32 Å². The first-order valence-corrected chi connectivity index (χ1v) is 11.2. The normalized spacial score (nSPS) is 29.1. The summed E-state index contributed by atoms with van der Waals surface area (Å²) < 4.78 is 0.861. The Kier molecular flexibility index (Phi) is 4.64. The van der Waals surface area contributed by atoms with Crippen LogP contribution in [0, 0.1) is 11.8 Å². The van der Waals surface area contributed by atoms with E-state index >= 15 is 0 Å². The van der Waals surface area contributed by atoms with E-state index < -0.39 is 17.4 Å². The van der Waals surface area contributed by atoms with Gasteiger partial charge in [-0.15, -0.1) is 6.58 Å². The number of amides is 3. The number of anilines is 2. The lowest BCUT2D eigenvalue weighted by Gasteiger charge is -2.30. The van der Waals surface area contributed by atoms with Crippen LogP contribution >= 0.6 is 15.9 Å². The number of carbonyl (C=O) groups is 3. The zero-order valence-electron chi connectivity index (χ0n) is 17.0. The Balaban J connectivity index is 1.68. The van der Waals surface area contributed by atoms with Gasteiger partial charge in [0.2, 0.25) is 11.8 Å². The molecule has 5 rings (SSSR count). The van der Waals surface area contributed by atoms with Crippen molar-refractivity contribution in [2.24, 2.45) is 11.8 Å². The monoisotopic (exact) mass is 479 g/mol. The van der Waals surface area contributed by atoms with E-state index in [1.54, 1.807) is 35.2 Å². The van der Waals surface area contributed by atoms with Crippen LogP contribution in [0.2, 0.25) is 0 Å². The van der Waals surface area contributed by atoms with Crippen LogP contribution < -0.4 is 15.1 Å². The molecule has 0 aromatic heterocycles. The molecule has 158 valence electrons. The summed E-state index contributed by atoms with van der Waals surface area (Å²) in [6.07, 6.45) is 2.31. The van der Waals surface area contributed by atoms with Gasteiger partial charge in [-0.2, -0.15) is 0 Å². The Bertz CT molecular complexity index is 1120. The third kappa shape index (κ3) is 2.56. The Labute approximate surface area is 189 Å². The Morgan fingerprint density at radius 2 is 1.81 bits per heavy atom. The molecule has 0 bridgehead atoms. The second-order valence-electron chi connectivity index (χ2n) is 8.18. The summed E-state index contributed by atoms with van der Waals surface area (Å²) in [7, 11) is 0. The molecule has 2 aromatic carbocycles. The number of benzene rings is 2. The van der Waals surface area contributed by atoms with Crippen LogP contribution in [0.1, 0.15) is 18.9 Å². The zero-order valence-corrected chi connectivity index (χ0v) is 18.6. The van der Waals surface area contributed by atoms with Gasteiger partial charge in [0.25, 0.3) is 5.91 Å². The van der Waals surface area contributed by atoms with Gasteiger partial charge in [0.15, 0.2) is 0 Å². The highest BCUT2D eigenvalue weighted by atomic mass is 79.9. The predicted molar refractivity (Wildman–Crippen MR) is 121 cm³/mol. The lowest BCUT2D eigenvalue weighted by molar-refractivity contribution is -0.132. The minimum absolute atomic E-state index is 0.196. The molecule has 0 unspecified atom stereocenters. The molecule has 7 heteroatoms. The molecule has 6 nitrogen and oxygen atoms in total. The number of para-hydroxylation sites is 1. The summed E-state index contributed by atoms with van der Waals surface area (Å²) in [6, 6.07) is 14.3. The highest BCUT2D eigenvalue weighted by molar-refractivity contribution is 9.10. The van der Waals surface area contributed by atoms with Crippen LogP contribution in [0.4, 0.5) is 11.4 Å². The SMILES string of the molecule is C=CCN1C(=O)[C@]2(N[C@H](CC)[C@@H]3C(=O)N(c4ccc(Br)cc4)C(=O)[C@H]32)c2ccccc21. The molecule has 4 atom stereocenters. The molecular weight excluding hydrogens is 458 g/mol. The zero-order chi connectivity index (χ0) is 21.9. The van der Waals surface area contributed by atoms with Gasteiger partial charge >= 0.3 is 0 Å². The van der Waals surface area contributed by atoms with Gasteiger partial charge in [-0.1, -0.05) is 47.1 Å². The van der Waals surface area contributed by atoms with Gasteiger partial charge in [-0.3, -0.25) is 19.7 Å². The van der Waals surface area contributed by atoms with E-state index in [1.807, 2.05) is 31.2 Å². The summed E-state index contributed by atoms with van der Waals surface area (Å²) in [5.74, 6) is -2.16. The summed E-state index contributed by atoms with van der Waals surface area (Å²) in [5.41, 5.74) is 0.797. The number of rotatable bonds is 4. The smallest absolute Gasteiger partial charge is 0.253 e. The van der Waals surface area contributed by atoms with Gasteiger partial charge < -0.3 is 4.90 Å². The first-order valence-electron chi connectivity index (χ1n) is 10.4. The lowest BCUT2D eigenvalue weighted by Crippen LogP contribution is -2.55. The Morgan fingerprint density at radius 1 is 1.10 bits per heavy atom. The Hall–Kier alpha value is -2.77. The number of nitrogens with one attached hydrogen (secondary N) is 1. The minimum atomic E-state index is -1.25. The highest BCUT2D eigenvalue weighted by Gasteiger charge is 2.71. The van der Waals surface area contributed by atoms with E-state index in [0.29, 0.717) is 18.7 Å². The summed E-state index contributed by atoms with van der Waals surface area (Å²) in [6.45, 7) is 6.09. The number of hydrogen-bond acceptors (Lipinski definition) is 4. The lowest BCUT2D eigenvalue weighted by atomic mass is 9.76. The van der Waals surface area contributed by atoms with E-state index in [2.05, 4.69) is 27.8 Å². The van der Waals surface area contributed by atoms with Crippen LogP contribution in [0.15, 0.2) is 65.7 Å². The quantitative estimate of drug-likeness (QED) is 0.539. The molecule has 2 fully saturated rings. The molecule has 3 heterocycles. The van der Waals surface area contributed by atoms with Crippen LogP contribution in [-0.2, 0) is 19.9 Å². The molecule has 0 saturated carbocycles. The van der Waals surface area contributed by atoms with Crippen molar-refractivity contribution in [3.63, 3.8) is 0 Å². The molecule has 3 aliphatic rings. The van der Waals surface area contributed by atoms with Crippen molar-refractivity contribution < 1.29 is 14.4 Å². The van der Waals surface area contributed by atoms with Crippen molar-refractivity contribution in [2.75, 3.05) is 16.3 Å². The van der Waals surface area contributed by atoms with Crippen molar-refractivity contribution in [3.8, 4) is 0 Å². The number of fused-ring (bicyclic) bond motifs is 4. The number of hydrogen-bond donors (Lipinski definition) is 1. The van der Waals surface area contributed by atoms with Crippen molar-refractivity contribution >= 4 is 45.0 Å². The summed E-state index contributed by atoms with van der Waals surface area (Å²) >= 11 is 3.39. The number of halogens is 1. The maximum Gasteiger partial charge on any atom is 0.253 e. The molecule has 3 aliphatic heterocycles. The van der Waals surface area contributed by atoms with E-state index in [0.717, 1.165) is 15.7 Å². The fourth-order valence-corrected chi connectivity index (χ4v) is 5.72. The van der Waals surface area contributed by atoms with E-state index in [-0.39, 0.29) is 23.8 Å². The molecule has 0 aliphatic carbocycles. The van der Waals surface area contributed by atoms with Gasteiger partial charge in [0.1, 0.15) is 5.54 Å². The van der Waals surface area contributed by atoms with Crippen LogP contribution in [-0.4, -0.2) is 30.3 Å². The largest absolute Gasteiger partial charge is 0.306 e. The fourth-order valence-electron chi connectivity index (χ4n) is 5.45. The van der Waals surface area contributed by atoms with Crippen LogP contribution in [0.3, 0.4) is 0 Å². The van der Waals surface area contributed by atoms with Gasteiger partial charge in [-0.05, 0) is 36.8 Å². The van der Waals surface area contributed by atoms with Crippen molar-refractivity contribution in [1.29, 1.82) is 0 Å². The predicted octanol–water partition coefficient (Wildman–Crippen LogP) is 3.36. The maximum atomic E-state index is 13.8. The number of carbonyl (C=O) groups excluding carboxylic acids is 3. The van der Waals surface area contributed by atoms with Crippen molar-refractivity contribution in [3.05, 3.63) is 71.2 Å². The first kappa shape index (κ1) is 20.2. The minimum Gasteiger partial charge on any atom is -0.306 e.